The fourth-order valence-electron chi connectivity index (χ4n) is 4.41. The highest BCUT2D eigenvalue weighted by Crippen LogP contribution is 2.45. The molecule has 3 aromatic carbocycles. The maximum Gasteiger partial charge on any atom is 0.397 e. The number of ether oxygens (including phenoxy) is 1. The minimum Gasteiger partial charge on any atom is -1.00 e. The van der Waals surface area contributed by atoms with Crippen molar-refractivity contribution in [1.82, 2.24) is 4.98 Å². The van der Waals surface area contributed by atoms with E-state index in [9.17, 15) is 5.11 Å². The topological polar surface area (TPSA) is 49.5 Å². The zero-order valence-electron chi connectivity index (χ0n) is 17.7. The molecular weight excluding hydrogens is 466 g/mol. The van der Waals surface area contributed by atoms with Crippen molar-refractivity contribution in [3.05, 3.63) is 120 Å². The highest BCUT2D eigenvalue weighted by molar-refractivity contribution is 5.45. The number of anilines is 1. The summed E-state index contributed by atoms with van der Waals surface area (Å²) in [6.45, 7) is 0.518. The third kappa shape index (κ3) is 3.66. The van der Waals surface area contributed by atoms with E-state index >= 15 is 0 Å². The van der Waals surface area contributed by atoms with E-state index < -0.39 is 5.72 Å². The number of rotatable bonds is 5. The van der Waals surface area contributed by atoms with E-state index in [1.807, 2.05) is 77.8 Å². The molecule has 2 heterocycles. The first-order valence-corrected chi connectivity index (χ1v) is 10.3. The van der Waals surface area contributed by atoms with E-state index in [0.29, 0.717) is 6.54 Å². The van der Waals surface area contributed by atoms with Crippen molar-refractivity contribution in [2.24, 2.45) is 0 Å². The van der Waals surface area contributed by atoms with Gasteiger partial charge in [0.05, 0.1) is 19.9 Å². The number of benzene rings is 3. The number of hydrogen-bond donors (Lipinski definition) is 1. The maximum atomic E-state index is 12.5. The molecule has 0 radical (unpaired) electrons. The molecule has 0 fully saturated rings. The van der Waals surface area contributed by atoms with Crippen LogP contribution in [0.5, 0.6) is 5.75 Å². The van der Waals surface area contributed by atoms with E-state index in [1.165, 1.54) is 0 Å². The van der Waals surface area contributed by atoms with Crippen molar-refractivity contribution in [1.29, 1.82) is 0 Å². The molecule has 0 saturated heterocycles. The van der Waals surface area contributed by atoms with Crippen LogP contribution in [0.3, 0.4) is 0 Å². The lowest BCUT2D eigenvalue weighted by Gasteiger charge is -2.33. The molecule has 0 amide bonds. The second-order valence-corrected chi connectivity index (χ2v) is 7.67. The van der Waals surface area contributed by atoms with Gasteiger partial charge in [-0.1, -0.05) is 65.6 Å². The summed E-state index contributed by atoms with van der Waals surface area (Å²) in [4.78, 5) is 6.66. The van der Waals surface area contributed by atoms with E-state index in [1.54, 1.807) is 13.3 Å². The van der Waals surface area contributed by atoms with Crippen LogP contribution in [-0.2, 0) is 12.3 Å². The van der Waals surface area contributed by atoms with Gasteiger partial charge in [0, 0.05) is 11.6 Å². The Bertz CT molecular complexity index is 1170. The molecule has 162 valence electrons. The molecule has 2 atom stereocenters. The van der Waals surface area contributed by atoms with Crippen LogP contribution in [0.1, 0.15) is 22.7 Å². The van der Waals surface area contributed by atoms with Gasteiger partial charge in [-0.2, -0.15) is 0 Å². The number of aliphatic hydroxyl groups is 1. The Labute approximate surface area is 198 Å². The fraction of sp³-hybridized carbons (Fsp3) is 0.154. The highest BCUT2D eigenvalue weighted by Gasteiger charge is 2.59. The summed E-state index contributed by atoms with van der Waals surface area (Å²) >= 11 is 0. The minimum absolute atomic E-state index is 0. The molecule has 6 heteroatoms. The summed E-state index contributed by atoms with van der Waals surface area (Å²) in [5, 5.41) is 12.5. The number of fused-ring (bicyclic) bond motifs is 1. The molecular formula is C26H24BrN3O2. The van der Waals surface area contributed by atoms with Crippen LogP contribution in [0.2, 0.25) is 0 Å². The predicted molar refractivity (Wildman–Crippen MR) is 119 cm³/mol. The Morgan fingerprint density at radius 2 is 1.59 bits per heavy atom. The van der Waals surface area contributed by atoms with Gasteiger partial charge in [-0.05, 0) is 35.4 Å². The quantitative estimate of drug-likeness (QED) is 0.422. The minimum atomic E-state index is -1.34. The van der Waals surface area contributed by atoms with Crippen molar-refractivity contribution in [3.8, 4) is 5.75 Å². The fourth-order valence-corrected chi connectivity index (χ4v) is 4.41. The van der Waals surface area contributed by atoms with Gasteiger partial charge in [0.15, 0.2) is 6.04 Å². The van der Waals surface area contributed by atoms with Crippen molar-refractivity contribution < 1.29 is 31.4 Å². The van der Waals surface area contributed by atoms with Crippen molar-refractivity contribution in [2.75, 3.05) is 12.0 Å². The van der Waals surface area contributed by atoms with Crippen LogP contribution in [0.25, 0.3) is 0 Å². The van der Waals surface area contributed by atoms with E-state index in [-0.39, 0.29) is 23.0 Å². The molecule has 2 unspecified atom stereocenters. The molecule has 5 nitrogen and oxygen atoms in total. The van der Waals surface area contributed by atoms with Crippen LogP contribution in [-0.4, -0.2) is 17.2 Å². The van der Waals surface area contributed by atoms with Crippen LogP contribution >= 0.6 is 0 Å². The van der Waals surface area contributed by atoms with E-state index in [0.717, 1.165) is 28.4 Å². The molecule has 0 bridgehead atoms. The van der Waals surface area contributed by atoms with Gasteiger partial charge < -0.3 is 26.8 Å². The zero-order valence-corrected chi connectivity index (χ0v) is 19.3. The van der Waals surface area contributed by atoms with Crippen molar-refractivity contribution >= 4 is 5.95 Å². The Hall–Kier alpha value is -3.22. The molecule has 1 aromatic heterocycles. The van der Waals surface area contributed by atoms with Gasteiger partial charge >= 0.3 is 5.95 Å². The van der Waals surface area contributed by atoms with Gasteiger partial charge in [-0.25, -0.2) is 9.47 Å². The Morgan fingerprint density at radius 3 is 2.25 bits per heavy atom. The van der Waals surface area contributed by atoms with Gasteiger partial charge in [0.2, 0.25) is 0 Å². The molecule has 1 N–H and O–H groups in total. The average molecular weight is 490 g/mol. The largest absolute Gasteiger partial charge is 1.00 e. The second kappa shape index (κ2) is 9.10. The Morgan fingerprint density at radius 1 is 0.938 bits per heavy atom. The number of halogens is 1. The monoisotopic (exact) mass is 489 g/mol. The molecule has 0 aliphatic carbocycles. The predicted octanol–water partition coefficient (Wildman–Crippen LogP) is 0.837. The highest BCUT2D eigenvalue weighted by atomic mass is 79.9. The molecule has 1 aliphatic rings. The molecule has 4 aromatic rings. The van der Waals surface area contributed by atoms with Crippen LogP contribution in [0.4, 0.5) is 5.95 Å². The van der Waals surface area contributed by atoms with Crippen molar-refractivity contribution in [3.63, 3.8) is 0 Å². The SMILES string of the molecule is COc1ccc(C2(O)C(c3ccccc3)[n+]3cccnc3N2Cc2ccccc2)cc1.[Br-]. The van der Waals surface area contributed by atoms with Gasteiger partial charge in [-0.15, -0.1) is 0 Å². The maximum absolute atomic E-state index is 12.5. The van der Waals surface area contributed by atoms with Gasteiger partial charge in [-0.3, -0.25) is 0 Å². The summed E-state index contributed by atoms with van der Waals surface area (Å²) in [5.74, 6) is 1.47. The normalized spacial score (nSPS) is 19.2. The number of nitrogens with zero attached hydrogens (tertiary/aromatic N) is 3. The summed E-state index contributed by atoms with van der Waals surface area (Å²) in [7, 11) is 1.64. The third-order valence-electron chi connectivity index (χ3n) is 5.88. The van der Waals surface area contributed by atoms with Crippen molar-refractivity contribution in [2.45, 2.75) is 18.3 Å². The third-order valence-corrected chi connectivity index (χ3v) is 5.88. The summed E-state index contributed by atoms with van der Waals surface area (Å²) in [6, 6.07) is 29.4. The standard InChI is InChI=1S/C26H24N3O2.BrH/c1-31-23-15-13-22(14-16-23)26(30)24(21-11-6-3-7-12-21)28-18-8-17-27-25(28)29(26)19-20-9-4-2-5-10-20;/h2-18,24,30H,19H2,1H3;1H/q+1;/p-1. The van der Waals surface area contributed by atoms with Crippen LogP contribution < -0.4 is 31.2 Å². The Kier molecular flexibility index (Phi) is 6.26. The molecule has 0 saturated carbocycles. The van der Waals surface area contributed by atoms with E-state index in [4.69, 9.17) is 4.74 Å². The number of methoxy groups -OCH3 is 1. The lowest BCUT2D eigenvalue weighted by atomic mass is 9.89. The summed E-state index contributed by atoms with van der Waals surface area (Å²) in [6.07, 6.45) is 3.76. The molecule has 32 heavy (non-hydrogen) atoms. The molecule has 0 spiro atoms. The number of aromatic nitrogens is 2. The summed E-state index contributed by atoms with van der Waals surface area (Å²) in [5.41, 5.74) is 1.55. The second-order valence-electron chi connectivity index (χ2n) is 7.67. The first-order chi connectivity index (χ1) is 15.2. The summed E-state index contributed by atoms with van der Waals surface area (Å²) < 4.78 is 7.41. The van der Waals surface area contributed by atoms with Gasteiger partial charge in [0.25, 0.3) is 5.72 Å². The Balaban J connectivity index is 0.00000245. The lowest BCUT2D eigenvalue weighted by Crippen LogP contribution is -3.00. The first-order valence-electron chi connectivity index (χ1n) is 10.3. The van der Waals surface area contributed by atoms with Gasteiger partial charge in [0.1, 0.15) is 11.9 Å². The zero-order chi connectivity index (χ0) is 21.3. The first kappa shape index (κ1) is 22.0. The van der Waals surface area contributed by atoms with Crippen LogP contribution in [0, 0.1) is 0 Å². The molecule has 5 rings (SSSR count). The molecule has 1 aliphatic heterocycles. The smallest absolute Gasteiger partial charge is 0.397 e. The van der Waals surface area contributed by atoms with Crippen LogP contribution in [0.15, 0.2) is 103 Å². The van der Waals surface area contributed by atoms with E-state index in [2.05, 4.69) is 33.8 Å². The lowest BCUT2D eigenvalue weighted by molar-refractivity contribution is -0.703. The number of hydrogen-bond acceptors (Lipinski definition) is 4. The average Bonchev–Trinajstić information content (AvgIpc) is 3.09.